The van der Waals surface area contributed by atoms with Gasteiger partial charge in [-0.15, -0.1) is 0 Å². The van der Waals surface area contributed by atoms with E-state index < -0.39 is 18.1 Å². The molecular weight excluding hydrogens is 380 g/mol. The van der Waals surface area contributed by atoms with Gasteiger partial charge in [-0.1, -0.05) is 0 Å². The number of hydrogen-bond donors (Lipinski definition) is 1. The fraction of sp³-hybridized carbons (Fsp3) is 0.500. The second kappa shape index (κ2) is 10.3. The van der Waals surface area contributed by atoms with Gasteiger partial charge in [-0.3, -0.25) is 14.4 Å². The third-order valence-corrected chi connectivity index (χ3v) is 5.45. The fourth-order valence-electron chi connectivity index (χ4n) is 3.45. The minimum Gasteiger partial charge on any atom is -0.424 e. The van der Waals surface area contributed by atoms with Crippen LogP contribution in [0.25, 0.3) is 0 Å². The number of benzene rings is 1. The van der Waals surface area contributed by atoms with Gasteiger partial charge < -0.3 is 15.0 Å². The molecule has 7 nitrogen and oxygen atoms in total. The first-order valence-electron chi connectivity index (χ1n) is 9.20. The largest absolute Gasteiger partial charge is 0.424 e. The van der Waals surface area contributed by atoms with Crippen LogP contribution < -0.4 is 10.1 Å². The highest BCUT2D eigenvalue weighted by atomic mass is 32.2. The number of hydrogen-bond acceptors (Lipinski definition) is 6. The lowest BCUT2D eigenvalue weighted by molar-refractivity contribution is -0.147. The van der Waals surface area contributed by atoms with Crippen LogP contribution >= 0.6 is 11.8 Å². The number of thioether (sulfide) groups is 1. The minimum absolute atomic E-state index is 0.259. The topological polar surface area (TPSA) is 92.8 Å². The van der Waals surface area contributed by atoms with Crippen LogP contribution in [-0.2, 0) is 14.4 Å². The molecule has 2 atom stereocenters. The highest BCUT2D eigenvalue weighted by molar-refractivity contribution is 7.98. The van der Waals surface area contributed by atoms with Crippen molar-refractivity contribution in [3.05, 3.63) is 28.8 Å². The summed E-state index contributed by atoms with van der Waals surface area (Å²) in [5.41, 5.74) is 1.89. The normalized spacial score (nSPS) is 17.1. The molecule has 2 unspecified atom stereocenters. The van der Waals surface area contributed by atoms with Gasteiger partial charge in [0.25, 0.3) is 0 Å². The summed E-state index contributed by atoms with van der Waals surface area (Å²) in [5.74, 6) is 0.387. The summed E-state index contributed by atoms with van der Waals surface area (Å²) < 4.78 is 5.62. The molecule has 28 heavy (non-hydrogen) atoms. The molecular formula is C20H26N2O5S. The number of ether oxygens (including phenoxy) is 1. The summed E-state index contributed by atoms with van der Waals surface area (Å²) >= 11 is 1.59. The molecule has 2 rings (SSSR count). The molecule has 8 heteroatoms. The molecule has 0 saturated carbocycles. The molecule has 0 aromatic heterocycles. The molecule has 1 fully saturated rings. The van der Waals surface area contributed by atoms with Gasteiger partial charge in [0.1, 0.15) is 24.1 Å². The van der Waals surface area contributed by atoms with Gasteiger partial charge in [-0.05, 0) is 68.4 Å². The molecule has 1 aromatic rings. The van der Waals surface area contributed by atoms with E-state index in [9.17, 15) is 19.2 Å². The van der Waals surface area contributed by atoms with E-state index in [1.165, 1.54) is 4.90 Å². The Bertz CT molecular complexity index is 729. The van der Waals surface area contributed by atoms with E-state index in [1.807, 2.05) is 6.26 Å². The highest BCUT2D eigenvalue weighted by Crippen LogP contribution is 2.27. The zero-order chi connectivity index (χ0) is 20.7. The van der Waals surface area contributed by atoms with Crippen LogP contribution in [0.3, 0.4) is 0 Å². The molecule has 1 N–H and O–H groups in total. The average Bonchev–Trinajstić information content (AvgIpc) is 3.17. The number of amides is 2. The van der Waals surface area contributed by atoms with Crippen molar-refractivity contribution in [2.45, 2.75) is 45.2 Å². The summed E-state index contributed by atoms with van der Waals surface area (Å²) in [6.07, 6.45) is 4.92. The molecule has 0 radical (unpaired) electrons. The number of likely N-dealkylation sites (tertiary alicyclic amines) is 1. The molecule has 0 spiro atoms. The molecule has 152 valence electrons. The van der Waals surface area contributed by atoms with Crippen LogP contribution in [0.1, 0.15) is 40.7 Å². The minimum atomic E-state index is -0.678. The van der Waals surface area contributed by atoms with Gasteiger partial charge in [-0.2, -0.15) is 11.8 Å². The van der Waals surface area contributed by atoms with Crippen molar-refractivity contribution in [1.82, 2.24) is 10.2 Å². The van der Waals surface area contributed by atoms with Crippen molar-refractivity contribution in [3.63, 3.8) is 0 Å². The van der Waals surface area contributed by atoms with Crippen molar-refractivity contribution in [2.24, 2.45) is 0 Å². The second-order valence-electron chi connectivity index (χ2n) is 6.83. The first kappa shape index (κ1) is 21.9. The smallest absolute Gasteiger partial charge is 0.334 e. The lowest BCUT2D eigenvalue weighted by Crippen LogP contribution is -2.51. The Hall–Kier alpha value is -2.35. The maximum Gasteiger partial charge on any atom is 0.334 e. The van der Waals surface area contributed by atoms with E-state index in [1.54, 1.807) is 37.7 Å². The van der Waals surface area contributed by atoms with Crippen LogP contribution in [0, 0.1) is 13.8 Å². The predicted octanol–water partition coefficient (Wildman–Crippen LogP) is 1.88. The Morgan fingerprint density at radius 2 is 2.00 bits per heavy atom. The van der Waals surface area contributed by atoms with E-state index in [0.29, 0.717) is 54.7 Å². The van der Waals surface area contributed by atoms with Crippen molar-refractivity contribution in [3.8, 4) is 5.75 Å². The maximum atomic E-state index is 12.9. The summed E-state index contributed by atoms with van der Waals surface area (Å²) in [7, 11) is 0. The van der Waals surface area contributed by atoms with Gasteiger partial charge >= 0.3 is 5.97 Å². The number of esters is 1. The Kier molecular flexibility index (Phi) is 8.04. The zero-order valence-electron chi connectivity index (χ0n) is 16.4. The van der Waals surface area contributed by atoms with Crippen LogP contribution in [-0.4, -0.2) is 60.1 Å². The first-order chi connectivity index (χ1) is 13.4. The van der Waals surface area contributed by atoms with E-state index in [4.69, 9.17) is 4.74 Å². The third-order valence-electron chi connectivity index (χ3n) is 4.81. The molecule has 0 aliphatic carbocycles. The average molecular weight is 407 g/mol. The van der Waals surface area contributed by atoms with Crippen molar-refractivity contribution in [1.29, 1.82) is 0 Å². The number of carbonyl (C=O) groups is 4. The van der Waals surface area contributed by atoms with Gasteiger partial charge in [0.05, 0.1) is 0 Å². The standard InChI is InChI=1S/C20H26N2O5S/c1-13-9-15(11-23)10-14(2)18(13)27-20(26)17-5-4-7-22(17)19(25)16(21-12-24)6-8-28-3/h9-12,16-17H,4-8H2,1-3H3,(H,21,24). The number of nitrogens with zero attached hydrogens (tertiary/aromatic N) is 1. The Labute approximate surface area is 169 Å². The summed E-state index contributed by atoms with van der Waals surface area (Å²) in [6.45, 7) is 4.00. The Morgan fingerprint density at radius 1 is 1.32 bits per heavy atom. The van der Waals surface area contributed by atoms with E-state index in [0.717, 1.165) is 12.0 Å². The van der Waals surface area contributed by atoms with Gasteiger partial charge in [0, 0.05) is 12.1 Å². The number of rotatable bonds is 9. The van der Waals surface area contributed by atoms with Gasteiger partial charge in [-0.25, -0.2) is 4.79 Å². The summed E-state index contributed by atoms with van der Waals surface area (Å²) in [4.78, 5) is 49.0. The van der Waals surface area contributed by atoms with Crippen LogP contribution in [0.2, 0.25) is 0 Å². The lowest BCUT2D eigenvalue weighted by Gasteiger charge is -2.27. The first-order valence-corrected chi connectivity index (χ1v) is 10.6. The molecule has 1 saturated heterocycles. The molecule has 2 amide bonds. The second-order valence-corrected chi connectivity index (χ2v) is 7.82. The molecule has 1 aromatic carbocycles. The van der Waals surface area contributed by atoms with Crippen LogP contribution in [0.4, 0.5) is 0 Å². The molecule has 1 aliphatic rings. The Morgan fingerprint density at radius 3 is 2.57 bits per heavy atom. The van der Waals surface area contributed by atoms with Crippen LogP contribution in [0.5, 0.6) is 5.75 Å². The number of aryl methyl sites for hydroxylation is 2. The van der Waals surface area contributed by atoms with Gasteiger partial charge in [0.15, 0.2) is 0 Å². The fourth-order valence-corrected chi connectivity index (χ4v) is 3.92. The van der Waals surface area contributed by atoms with E-state index in [2.05, 4.69) is 5.32 Å². The monoisotopic (exact) mass is 406 g/mol. The number of carbonyl (C=O) groups excluding carboxylic acids is 4. The van der Waals surface area contributed by atoms with E-state index >= 15 is 0 Å². The SMILES string of the molecule is CSCCC(NC=O)C(=O)N1CCCC1C(=O)Oc1c(C)cc(C=O)cc1C. The van der Waals surface area contributed by atoms with Crippen LogP contribution in [0.15, 0.2) is 12.1 Å². The number of nitrogens with one attached hydrogen (secondary N) is 1. The molecule has 1 aliphatic heterocycles. The maximum absolute atomic E-state index is 12.9. The predicted molar refractivity (Wildman–Crippen MR) is 108 cm³/mol. The van der Waals surface area contributed by atoms with Gasteiger partial charge in [0.2, 0.25) is 12.3 Å². The lowest BCUT2D eigenvalue weighted by atomic mass is 10.1. The molecule has 0 bridgehead atoms. The summed E-state index contributed by atoms with van der Waals surface area (Å²) in [5, 5.41) is 2.56. The van der Waals surface area contributed by atoms with Crippen molar-refractivity contribution >= 4 is 36.3 Å². The highest BCUT2D eigenvalue weighted by Gasteiger charge is 2.38. The third kappa shape index (κ3) is 5.13. The zero-order valence-corrected chi connectivity index (χ0v) is 17.2. The number of aldehydes is 1. The Balaban J connectivity index is 2.15. The summed E-state index contributed by atoms with van der Waals surface area (Å²) in [6, 6.07) is 2.00. The van der Waals surface area contributed by atoms with E-state index in [-0.39, 0.29) is 5.91 Å². The quantitative estimate of drug-likeness (QED) is 0.382. The van der Waals surface area contributed by atoms with Crippen molar-refractivity contribution < 1.29 is 23.9 Å². The van der Waals surface area contributed by atoms with Crippen molar-refractivity contribution in [2.75, 3.05) is 18.6 Å². The molecule has 1 heterocycles.